The molecule has 0 unspecified atom stereocenters. The van der Waals surface area contributed by atoms with Crippen LogP contribution in [0.5, 0.6) is 5.75 Å². The largest absolute Gasteiger partial charge is 0.507 e. The molecule has 3 rings (SSSR count). The summed E-state index contributed by atoms with van der Waals surface area (Å²) in [6, 6.07) is 9.12. The molecule has 112 valence electrons. The molecule has 0 saturated carbocycles. The number of aromatic nitrogens is 2. The molecule has 0 amide bonds. The maximum atomic E-state index is 9.84. The maximum Gasteiger partial charge on any atom is 0.230 e. The molecule has 0 fully saturated rings. The number of phenolic OH excluding ortho intramolecular Hbond substituents is 1. The van der Waals surface area contributed by atoms with E-state index in [1.807, 2.05) is 23.7 Å². The fourth-order valence-corrected chi connectivity index (χ4v) is 3.09. The van der Waals surface area contributed by atoms with Gasteiger partial charge in [0.25, 0.3) is 0 Å². The number of halogens is 3. The zero-order chi connectivity index (χ0) is 15.9. The van der Waals surface area contributed by atoms with Crippen molar-refractivity contribution in [2.75, 3.05) is 0 Å². The molecule has 0 spiro atoms. The van der Waals surface area contributed by atoms with Crippen LogP contribution in [0.4, 0.5) is 5.95 Å². The van der Waals surface area contributed by atoms with E-state index < -0.39 is 0 Å². The van der Waals surface area contributed by atoms with Crippen molar-refractivity contribution in [1.82, 2.24) is 9.55 Å². The molecule has 0 bridgehead atoms. The number of aromatic hydroxyl groups is 1. The summed E-state index contributed by atoms with van der Waals surface area (Å²) < 4.78 is 4.68. The second-order valence-corrected chi connectivity index (χ2v) is 7.31. The molecule has 0 saturated heterocycles. The van der Waals surface area contributed by atoms with Crippen molar-refractivity contribution < 1.29 is 5.11 Å². The van der Waals surface area contributed by atoms with Gasteiger partial charge in [-0.25, -0.2) is 9.98 Å². The second kappa shape index (κ2) is 6.14. The molecule has 1 heterocycles. The van der Waals surface area contributed by atoms with Crippen LogP contribution in [-0.2, 0) is 7.05 Å². The number of aryl methyl sites for hydroxylation is 1. The van der Waals surface area contributed by atoms with Crippen molar-refractivity contribution in [3.63, 3.8) is 0 Å². The average molecular weight is 488 g/mol. The molecule has 1 N–H and O–H groups in total. The van der Waals surface area contributed by atoms with E-state index in [0.29, 0.717) is 11.5 Å². The van der Waals surface area contributed by atoms with Gasteiger partial charge < -0.3 is 9.67 Å². The van der Waals surface area contributed by atoms with E-state index in [1.165, 1.54) is 0 Å². The van der Waals surface area contributed by atoms with E-state index >= 15 is 0 Å². The van der Waals surface area contributed by atoms with Gasteiger partial charge in [-0.1, -0.05) is 15.9 Å². The minimum absolute atomic E-state index is 0.177. The Kier molecular flexibility index (Phi) is 4.38. The van der Waals surface area contributed by atoms with E-state index in [1.54, 1.807) is 24.4 Å². The van der Waals surface area contributed by atoms with Gasteiger partial charge in [-0.3, -0.25) is 0 Å². The third-order valence-corrected chi connectivity index (χ3v) is 5.55. The fraction of sp³-hybridized carbons (Fsp3) is 0.0667. The highest BCUT2D eigenvalue weighted by molar-refractivity contribution is 9.13. The van der Waals surface area contributed by atoms with Crippen LogP contribution in [0.1, 0.15) is 5.56 Å². The Hall–Kier alpha value is -1.18. The Morgan fingerprint density at radius 1 is 1.14 bits per heavy atom. The zero-order valence-electron chi connectivity index (χ0n) is 11.4. The first-order valence-electron chi connectivity index (χ1n) is 6.30. The van der Waals surface area contributed by atoms with Crippen LogP contribution in [0.15, 0.2) is 48.7 Å². The number of hydrogen-bond acceptors (Lipinski definition) is 3. The predicted molar refractivity (Wildman–Crippen MR) is 99.2 cm³/mol. The molecule has 7 heteroatoms. The van der Waals surface area contributed by atoms with E-state index in [2.05, 4.69) is 57.8 Å². The molecule has 0 aliphatic heterocycles. The Labute approximate surface area is 152 Å². The van der Waals surface area contributed by atoms with Crippen molar-refractivity contribution in [2.24, 2.45) is 12.0 Å². The third kappa shape index (κ3) is 2.98. The normalized spacial score (nSPS) is 11.6. The first-order valence-corrected chi connectivity index (χ1v) is 8.67. The quantitative estimate of drug-likeness (QED) is 0.497. The van der Waals surface area contributed by atoms with E-state index in [4.69, 9.17) is 0 Å². The van der Waals surface area contributed by atoms with Gasteiger partial charge in [-0.15, -0.1) is 0 Å². The first-order chi connectivity index (χ1) is 10.5. The standard InChI is InChI=1S/C15H10Br3N3O/c1-21-13-6-11(18)10(17)5-12(13)20-15(21)19-7-8-4-9(16)2-3-14(8)22/h2-7,22H,1H3/b19-7+. The molecule has 1 aromatic heterocycles. The lowest BCUT2D eigenvalue weighted by molar-refractivity contribution is 0.474. The number of hydrogen-bond donors (Lipinski definition) is 1. The summed E-state index contributed by atoms with van der Waals surface area (Å²) in [4.78, 5) is 8.89. The topological polar surface area (TPSA) is 50.4 Å². The molecule has 0 aliphatic rings. The van der Waals surface area contributed by atoms with Crippen LogP contribution in [0.2, 0.25) is 0 Å². The van der Waals surface area contributed by atoms with Gasteiger partial charge in [-0.2, -0.15) is 0 Å². The minimum atomic E-state index is 0.177. The molecular formula is C15H10Br3N3O. The van der Waals surface area contributed by atoms with Gasteiger partial charge in [0, 0.05) is 32.2 Å². The van der Waals surface area contributed by atoms with Crippen molar-refractivity contribution in [2.45, 2.75) is 0 Å². The SMILES string of the molecule is Cn1c(/N=C/c2cc(Br)ccc2O)nc2cc(Br)c(Br)cc21. The average Bonchev–Trinajstić information content (AvgIpc) is 2.77. The minimum Gasteiger partial charge on any atom is -0.507 e. The monoisotopic (exact) mass is 485 g/mol. The predicted octanol–water partition coefficient (Wildman–Crippen LogP) is 5.32. The molecule has 2 aromatic carbocycles. The van der Waals surface area contributed by atoms with Crippen LogP contribution in [-0.4, -0.2) is 20.9 Å². The van der Waals surface area contributed by atoms with Crippen LogP contribution in [0.3, 0.4) is 0 Å². The number of imidazole rings is 1. The third-order valence-electron chi connectivity index (χ3n) is 3.21. The Balaban J connectivity index is 2.05. The maximum absolute atomic E-state index is 9.84. The lowest BCUT2D eigenvalue weighted by Crippen LogP contribution is -1.88. The molecule has 3 aromatic rings. The van der Waals surface area contributed by atoms with E-state index in [0.717, 1.165) is 24.5 Å². The molecule has 0 atom stereocenters. The van der Waals surface area contributed by atoms with Crippen molar-refractivity contribution in [3.8, 4) is 5.75 Å². The van der Waals surface area contributed by atoms with Gasteiger partial charge in [0.15, 0.2) is 0 Å². The van der Waals surface area contributed by atoms with E-state index in [-0.39, 0.29) is 5.75 Å². The highest BCUT2D eigenvalue weighted by Gasteiger charge is 2.09. The van der Waals surface area contributed by atoms with E-state index in [9.17, 15) is 5.11 Å². The summed E-state index contributed by atoms with van der Waals surface area (Å²) >= 11 is 10.3. The molecule has 22 heavy (non-hydrogen) atoms. The number of fused-ring (bicyclic) bond motifs is 1. The van der Waals surface area contributed by atoms with Crippen molar-refractivity contribution >= 4 is 71.0 Å². The van der Waals surface area contributed by atoms with Gasteiger partial charge in [-0.05, 0) is 62.2 Å². The Morgan fingerprint density at radius 2 is 1.86 bits per heavy atom. The second-order valence-electron chi connectivity index (χ2n) is 4.69. The van der Waals surface area contributed by atoms with Gasteiger partial charge >= 0.3 is 0 Å². The smallest absolute Gasteiger partial charge is 0.230 e. The van der Waals surface area contributed by atoms with Crippen LogP contribution in [0.25, 0.3) is 11.0 Å². The number of phenols is 1. The van der Waals surface area contributed by atoms with Gasteiger partial charge in [0.05, 0.1) is 11.0 Å². The molecule has 0 radical (unpaired) electrons. The lowest BCUT2D eigenvalue weighted by atomic mass is 10.2. The summed E-state index contributed by atoms with van der Waals surface area (Å²) in [7, 11) is 1.91. The Morgan fingerprint density at radius 3 is 2.64 bits per heavy atom. The number of benzene rings is 2. The highest BCUT2D eigenvalue weighted by Crippen LogP contribution is 2.30. The van der Waals surface area contributed by atoms with Crippen molar-refractivity contribution in [3.05, 3.63) is 49.3 Å². The highest BCUT2D eigenvalue weighted by atomic mass is 79.9. The van der Waals surface area contributed by atoms with Crippen LogP contribution < -0.4 is 0 Å². The van der Waals surface area contributed by atoms with Crippen LogP contribution >= 0.6 is 47.8 Å². The number of nitrogens with zero attached hydrogens (tertiary/aromatic N) is 3. The summed E-state index contributed by atoms with van der Waals surface area (Å²) in [5, 5.41) is 9.84. The molecular weight excluding hydrogens is 478 g/mol. The molecule has 4 nitrogen and oxygen atoms in total. The van der Waals surface area contributed by atoms with Crippen molar-refractivity contribution in [1.29, 1.82) is 0 Å². The number of rotatable bonds is 2. The Bertz CT molecular complexity index is 903. The fourth-order valence-electron chi connectivity index (χ4n) is 2.05. The van der Waals surface area contributed by atoms with Crippen LogP contribution in [0, 0.1) is 0 Å². The summed E-state index contributed by atoms with van der Waals surface area (Å²) in [6.45, 7) is 0. The first kappa shape index (κ1) is 15.7. The van der Waals surface area contributed by atoms with Gasteiger partial charge in [0.2, 0.25) is 5.95 Å². The number of aliphatic imine (C=N–C) groups is 1. The zero-order valence-corrected chi connectivity index (χ0v) is 16.1. The van der Waals surface area contributed by atoms with Gasteiger partial charge in [0.1, 0.15) is 5.75 Å². The summed E-state index contributed by atoms with van der Waals surface area (Å²) in [5.41, 5.74) is 2.45. The summed E-state index contributed by atoms with van der Waals surface area (Å²) in [5.74, 6) is 0.746. The molecule has 0 aliphatic carbocycles. The lowest BCUT2D eigenvalue weighted by Gasteiger charge is -2.00. The summed E-state index contributed by atoms with van der Waals surface area (Å²) in [6.07, 6.45) is 1.60.